The van der Waals surface area contributed by atoms with Gasteiger partial charge in [-0.1, -0.05) is 42.5 Å². The highest BCUT2D eigenvalue weighted by molar-refractivity contribution is 5.95. The lowest BCUT2D eigenvalue weighted by Crippen LogP contribution is -2.23. The monoisotopic (exact) mass is 465 g/mol. The number of para-hydroxylation sites is 1. The lowest BCUT2D eigenvalue weighted by molar-refractivity contribution is 0.0951. The molecule has 3 aromatic heterocycles. The van der Waals surface area contributed by atoms with E-state index in [2.05, 4.69) is 36.6 Å². The van der Waals surface area contributed by atoms with Crippen LogP contribution >= 0.6 is 0 Å². The molecule has 7 nitrogen and oxygen atoms in total. The van der Waals surface area contributed by atoms with Crippen molar-refractivity contribution in [1.82, 2.24) is 14.7 Å². The predicted molar refractivity (Wildman–Crippen MR) is 138 cm³/mol. The lowest BCUT2D eigenvalue weighted by Gasteiger charge is -2.13. The van der Waals surface area contributed by atoms with Gasteiger partial charge in [-0.15, -0.1) is 0 Å². The summed E-state index contributed by atoms with van der Waals surface area (Å²) < 4.78 is 7.60. The second-order valence-electron chi connectivity index (χ2n) is 8.53. The molecule has 2 aromatic carbocycles. The van der Waals surface area contributed by atoms with Crippen molar-refractivity contribution in [3.63, 3.8) is 0 Å². The van der Waals surface area contributed by atoms with E-state index in [1.165, 1.54) is 0 Å². The van der Waals surface area contributed by atoms with E-state index in [-0.39, 0.29) is 5.91 Å². The Kier molecular flexibility index (Phi) is 6.08. The summed E-state index contributed by atoms with van der Waals surface area (Å²) in [6.07, 6.45) is 3.48. The van der Waals surface area contributed by atoms with Crippen molar-refractivity contribution in [3.8, 4) is 11.5 Å². The number of rotatable bonds is 7. The number of aryl methyl sites for hydroxylation is 2. The zero-order valence-corrected chi connectivity index (χ0v) is 19.7. The minimum Gasteiger partial charge on any atom is -0.463 e. The molecular formula is C28H27N5O2. The Hall–Kier alpha value is -4.36. The maximum atomic E-state index is 12.9. The molecule has 0 unspecified atom stereocenters. The molecule has 1 amide bonds. The van der Waals surface area contributed by atoms with Crippen molar-refractivity contribution in [2.75, 3.05) is 5.32 Å². The van der Waals surface area contributed by atoms with Crippen LogP contribution in [-0.2, 0) is 13.1 Å². The van der Waals surface area contributed by atoms with Gasteiger partial charge in [0, 0.05) is 30.5 Å². The summed E-state index contributed by atoms with van der Waals surface area (Å²) >= 11 is 0. The van der Waals surface area contributed by atoms with E-state index in [1.807, 2.05) is 53.1 Å². The Bertz CT molecular complexity index is 1480. The molecule has 0 saturated carbocycles. The van der Waals surface area contributed by atoms with Crippen molar-refractivity contribution < 1.29 is 9.21 Å². The highest BCUT2D eigenvalue weighted by atomic mass is 16.3. The molecule has 4 N–H and O–H groups in total. The molecule has 0 aliphatic heterocycles. The van der Waals surface area contributed by atoms with Crippen LogP contribution in [-0.4, -0.2) is 15.3 Å². The van der Waals surface area contributed by atoms with E-state index >= 15 is 0 Å². The molecular weight excluding hydrogens is 438 g/mol. The number of imidazole rings is 1. The van der Waals surface area contributed by atoms with Gasteiger partial charge >= 0.3 is 0 Å². The largest absolute Gasteiger partial charge is 0.463 e. The molecule has 0 aliphatic rings. The first-order valence-electron chi connectivity index (χ1n) is 11.5. The summed E-state index contributed by atoms with van der Waals surface area (Å²) in [7, 11) is 0. The molecule has 0 aliphatic carbocycles. The van der Waals surface area contributed by atoms with Crippen LogP contribution in [0.4, 0.5) is 11.5 Å². The second kappa shape index (κ2) is 9.48. The predicted octanol–water partition coefficient (Wildman–Crippen LogP) is 5.34. The molecule has 5 aromatic rings. The summed E-state index contributed by atoms with van der Waals surface area (Å²) in [5, 5.41) is 6.54. The van der Waals surface area contributed by atoms with Crippen LogP contribution in [0.25, 0.3) is 17.1 Å². The number of hydrogen-bond donors (Lipinski definition) is 3. The number of nitrogens with two attached hydrogens (primary N) is 1. The van der Waals surface area contributed by atoms with Gasteiger partial charge in [0.25, 0.3) is 5.91 Å². The van der Waals surface area contributed by atoms with Gasteiger partial charge in [0.05, 0.1) is 6.26 Å². The Morgan fingerprint density at radius 2 is 1.77 bits per heavy atom. The maximum Gasteiger partial charge on any atom is 0.251 e. The first-order chi connectivity index (χ1) is 17.0. The normalized spacial score (nSPS) is 11.1. The summed E-state index contributed by atoms with van der Waals surface area (Å²) in [6.45, 7) is 5.02. The molecule has 0 fully saturated rings. The molecule has 3 heterocycles. The first-order valence-corrected chi connectivity index (χ1v) is 11.5. The number of carbonyl (C=O) groups is 1. The first kappa shape index (κ1) is 22.4. The zero-order valence-electron chi connectivity index (χ0n) is 19.7. The minimum absolute atomic E-state index is 0.169. The van der Waals surface area contributed by atoms with Gasteiger partial charge in [0.1, 0.15) is 17.2 Å². The average molecular weight is 466 g/mol. The summed E-state index contributed by atoms with van der Waals surface area (Å²) in [6, 6.07) is 21.3. The third-order valence-electron chi connectivity index (χ3n) is 6.05. The molecule has 0 saturated heterocycles. The number of furan rings is 1. The topological polar surface area (TPSA) is 97.6 Å². The molecule has 0 radical (unpaired) electrons. The van der Waals surface area contributed by atoms with Crippen molar-refractivity contribution in [2.24, 2.45) is 5.73 Å². The van der Waals surface area contributed by atoms with Crippen LogP contribution in [0.15, 0.2) is 83.6 Å². The fourth-order valence-electron chi connectivity index (χ4n) is 4.17. The molecule has 0 spiro atoms. The van der Waals surface area contributed by atoms with Gasteiger partial charge in [-0.25, -0.2) is 4.98 Å². The van der Waals surface area contributed by atoms with E-state index in [4.69, 9.17) is 15.1 Å². The SMILES string of the molecule is Cc1cccc(C)c1Nc1c(-c2ccco2)nc2cc(C(=O)NCc3cccc(CN)c3)ccn12. The lowest BCUT2D eigenvalue weighted by atomic mass is 10.1. The minimum atomic E-state index is -0.169. The van der Waals surface area contributed by atoms with Gasteiger partial charge in [0.2, 0.25) is 0 Å². The maximum absolute atomic E-state index is 12.9. The van der Waals surface area contributed by atoms with Crippen LogP contribution in [0.1, 0.15) is 32.6 Å². The Morgan fingerprint density at radius 1 is 1.00 bits per heavy atom. The number of amides is 1. The van der Waals surface area contributed by atoms with Crippen LogP contribution in [0.3, 0.4) is 0 Å². The van der Waals surface area contributed by atoms with E-state index in [1.54, 1.807) is 18.4 Å². The van der Waals surface area contributed by atoms with E-state index in [9.17, 15) is 4.79 Å². The van der Waals surface area contributed by atoms with E-state index < -0.39 is 0 Å². The summed E-state index contributed by atoms with van der Waals surface area (Å²) in [4.78, 5) is 17.7. The quantitative estimate of drug-likeness (QED) is 0.301. The van der Waals surface area contributed by atoms with Crippen LogP contribution in [0.2, 0.25) is 0 Å². The Balaban J connectivity index is 1.47. The smallest absolute Gasteiger partial charge is 0.251 e. The summed E-state index contributed by atoms with van der Waals surface area (Å²) in [5.74, 6) is 1.25. The number of nitrogens with one attached hydrogen (secondary N) is 2. The highest BCUT2D eigenvalue weighted by Gasteiger charge is 2.19. The fourth-order valence-corrected chi connectivity index (χ4v) is 4.17. The van der Waals surface area contributed by atoms with E-state index in [0.717, 1.165) is 33.8 Å². The molecule has 5 rings (SSSR count). The van der Waals surface area contributed by atoms with Gasteiger partial charge in [0.15, 0.2) is 5.76 Å². The molecule has 176 valence electrons. The molecule has 0 atom stereocenters. The fraction of sp³-hybridized carbons (Fsp3) is 0.143. The number of fused-ring (bicyclic) bond motifs is 1. The van der Waals surface area contributed by atoms with Crippen molar-refractivity contribution >= 4 is 23.1 Å². The Morgan fingerprint density at radius 3 is 2.51 bits per heavy atom. The third-order valence-corrected chi connectivity index (χ3v) is 6.05. The number of nitrogens with zero attached hydrogens (tertiary/aromatic N) is 2. The molecule has 35 heavy (non-hydrogen) atoms. The number of pyridine rings is 1. The van der Waals surface area contributed by atoms with Crippen molar-refractivity contribution in [1.29, 1.82) is 0 Å². The number of benzene rings is 2. The highest BCUT2D eigenvalue weighted by Crippen LogP contribution is 2.33. The number of aromatic nitrogens is 2. The van der Waals surface area contributed by atoms with Crippen LogP contribution in [0.5, 0.6) is 0 Å². The average Bonchev–Trinajstić information content (AvgIpc) is 3.53. The standard InChI is InChI=1S/C28H27N5O2/c1-18-6-3-7-19(2)25(18)32-27-26(23-10-5-13-35-23)31-24-15-22(11-12-33(24)27)28(34)30-17-21-9-4-8-20(14-21)16-29/h3-15,32H,16-17,29H2,1-2H3,(H,30,34). The molecule has 0 bridgehead atoms. The molecule has 7 heteroatoms. The van der Waals surface area contributed by atoms with Gasteiger partial charge in [-0.05, 0) is 60.4 Å². The number of hydrogen-bond acceptors (Lipinski definition) is 5. The van der Waals surface area contributed by atoms with Crippen LogP contribution in [0, 0.1) is 13.8 Å². The number of anilines is 2. The zero-order chi connectivity index (χ0) is 24.4. The Labute approximate surface area is 203 Å². The van der Waals surface area contributed by atoms with E-state index in [0.29, 0.717) is 35.8 Å². The van der Waals surface area contributed by atoms with Gasteiger partial charge in [-0.3, -0.25) is 9.20 Å². The van der Waals surface area contributed by atoms with Crippen LogP contribution < -0.4 is 16.4 Å². The third kappa shape index (κ3) is 4.54. The summed E-state index contributed by atoms with van der Waals surface area (Å²) in [5.41, 5.74) is 12.9. The van der Waals surface area contributed by atoms with Gasteiger partial charge < -0.3 is 20.8 Å². The van der Waals surface area contributed by atoms with Crippen molar-refractivity contribution in [3.05, 3.63) is 107 Å². The second-order valence-corrected chi connectivity index (χ2v) is 8.53. The van der Waals surface area contributed by atoms with Crippen molar-refractivity contribution in [2.45, 2.75) is 26.9 Å². The number of carbonyl (C=O) groups excluding carboxylic acids is 1. The van der Waals surface area contributed by atoms with Gasteiger partial charge in [-0.2, -0.15) is 0 Å².